The lowest BCUT2D eigenvalue weighted by atomic mass is 10.0. The molecule has 0 aromatic heterocycles. The maximum absolute atomic E-state index is 12.2. The third kappa shape index (κ3) is 2.99. The van der Waals surface area contributed by atoms with Gasteiger partial charge in [-0.1, -0.05) is 23.8 Å². The van der Waals surface area contributed by atoms with Crippen molar-refractivity contribution in [3.8, 4) is 6.07 Å². The smallest absolute Gasteiger partial charge is 0.255 e. The van der Waals surface area contributed by atoms with Crippen LogP contribution in [0, 0.1) is 25.2 Å². The number of carbonyl (C=O) groups excluding carboxylic acids is 1. The monoisotopic (exact) mass is 250 g/mol. The molecule has 0 spiro atoms. The lowest BCUT2D eigenvalue weighted by Gasteiger charge is -2.08. The second-order valence-corrected chi connectivity index (χ2v) is 4.47. The van der Waals surface area contributed by atoms with Gasteiger partial charge in [-0.15, -0.1) is 0 Å². The van der Waals surface area contributed by atoms with Crippen molar-refractivity contribution >= 4 is 11.6 Å². The van der Waals surface area contributed by atoms with Gasteiger partial charge in [0.05, 0.1) is 11.6 Å². The summed E-state index contributed by atoms with van der Waals surface area (Å²) < 4.78 is 0. The predicted molar refractivity (Wildman–Crippen MR) is 75.0 cm³/mol. The van der Waals surface area contributed by atoms with Crippen molar-refractivity contribution < 1.29 is 4.79 Å². The molecular weight excluding hydrogens is 236 g/mol. The van der Waals surface area contributed by atoms with Gasteiger partial charge in [-0.25, -0.2) is 0 Å². The molecule has 3 nitrogen and oxygen atoms in total. The van der Waals surface area contributed by atoms with E-state index in [9.17, 15) is 4.79 Å². The number of carbonyl (C=O) groups is 1. The lowest BCUT2D eigenvalue weighted by molar-refractivity contribution is 0.102. The molecule has 0 heterocycles. The number of rotatable bonds is 2. The molecule has 0 aliphatic heterocycles. The van der Waals surface area contributed by atoms with Gasteiger partial charge in [-0.05, 0) is 43.7 Å². The van der Waals surface area contributed by atoms with Crippen LogP contribution in [0.3, 0.4) is 0 Å². The van der Waals surface area contributed by atoms with Crippen molar-refractivity contribution in [3.63, 3.8) is 0 Å². The maximum atomic E-state index is 12.2. The van der Waals surface area contributed by atoms with Gasteiger partial charge in [0.1, 0.15) is 0 Å². The number of hydrogen-bond donors (Lipinski definition) is 1. The van der Waals surface area contributed by atoms with Crippen molar-refractivity contribution in [2.75, 3.05) is 5.32 Å². The summed E-state index contributed by atoms with van der Waals surface area (Å²) in [5.74, 6) is -0.156. The Morgan fingerprint density at radius 3 is 2.68 bits per heavy atom. The first-order chi connectivity index (χ1) is 9.10. The predicted octanol–water partition coefficient (Wildman–Crippen LogP) is 3.43. The van der Waals surface area contributed by atoms with Crippen molar-refractivity contribution in [3.05, 3.63) is 64.7 Å². The first-order valence-electron chi connectivity index (χ1n) is 5.99. The van der Waals surface area contributed by atoms with Crippen molar-refractivity contribution in [1.82, 2.24) is 0 Å². The summed E-state index contributed by atoms with van der Waals surface area (Å²) in [6.07, 6.45) is 0. The summed E-state index contributed by atoms with van der Waals surface area (Å²) in [6, 6.07) is 14.7. The summed E-state index contributed by atoms with van der Waals surface area (Å²) in [7, 11) is 0. The number of hydrogen-bond acceptors (Lipinski definition) is 2. The summed E-state index contributed by atoms with van der Waals surface area (Å²) in [5.41, 5.74) is 3.78. The fourth-order valence-electron chi connectivity index (χ4n) is 1.85. The molecule has 0 radical (unpaired) electrons. The second-order valence-electron chi connectivity index (χ2n) is 4.47. The molecule has 1 N–H and O–H groups in total. The van der Waals surface area contributed by atoms with Gasteiger partial charge in [0.15, 0.2) is 0 Å². The van der Waals surface area contributed by atoms with E-state index >= 15 is 0 Å². The third-order valence-corrected chi connectivity index (χ3v) is 2.89. The van der Waals surface area contributed by atoms with Gasteiger partial charge in [-0.2, -0.15) is 5.26 Å². The molecule has 2 aromatic rings. The van der Waals surface area contributed by atoms with Gasteiger partial charge in [0.25, 0.3) is 5.91 Å². The van der Waals surface area contributed by atoms with E-state index in [0.29, 0.717) is 16.8 Å². The van der Waals surface area contributed by atoms with Crippen LogP contribution < -0.4 is 5.32 Å². The van der Waals surface area contributed by atoms with Crippen molar-refractivity contribution in [1.29, 1.82) is 5.26 Å². The van der Waals surface area contributed by atoms with E-state index in [1.807, 2.05) is 38.1 Å². The van der Waals surface area contributed by atoms with Crippen LogP contribution in [-0.4, -0.2) is 5.91 Å². The standard InChI is InChI=1S/C16H14N2O/c1-11-6-7-12(2)15(8-11)16(19)18-14-5-3-4-13(9-14)10-17/h3-9H,1-2H3,(H,18,19). The van der Waals surface area contributed by atoms with E-state index < -0.39 is 0 Å². The molecule has 0 fully saturated rings. The Morgan fingerprint density at radius 2 is 1.95 bits per heavy atom. The molecule has 3 heteroatoms. The molecule has 1 amide bonds. The minimum absolute atomic E-state index is 0.156. The fourth-order valence-corrected chi connectivity index (χ4v) is 1.85. The molecule has 0 aliphatic carbocycles. The zero-order valence-electron chi connectivity index (χ0n) is 10.9. The number of nitrogens with zero attached hydrogens (tertiary/aromatic N) is 1. The number of anilines is 1. The Morgan fingerprint density at radius 1 is 1.16 bits per heavy atom. The SMILES string of the molecule is Cc1ccc(C)c(C(=O)Nc2cccc(C#N)c2)c1. The number of nitriles is 1. The van der Waals surface area contributed by atoms with Crippen LogP contribution in [0.2, 0.25) is 0 Å². The van der Waals surface area contributed by atoms with Gasteiger partial charge >= 0.3 is 0 Å². The largest absolute Gasteiger partial charge is 0.322 e. The van der Waals surface area contributed by atoms with E-state index in [1.54, 1.807) is 24.3 Å². The molecule has 0 unspecified atom stereocenters. The number of benzene rings is 2. The minimum atomic E-state index is -0.156. The minimum Gasteiger partial charge on any atom is -0.322 e. The average Bonchev–Trinajstić information content (AvgIpc) is 2.41. The maximum Gasteiger partial charge on any atom is 0.255 e. The molecule has 0 saturated carbocycles. The van der Waals surface area contributed by atoms with Gasteiger partial charge < -0.3 is 5.32 Å². The zero-order chi connectivity index (χ0) is 13.8. The number of nitrogens with one attached hydrogen (secondary N) is 1. The molecule has 2 rings (SSSR count). The normalized spacial score (nSPS) is 9.74. The molecule has 94 valence electrons. The lowest BCUT2D eigenvalue weighted by Crippen LogP contribution is -2.13. The highest BCUT2D eigenvalue weighted by molar-refractivity contribution is 6.05. The Balaban J connectivity index is 2.26. The highest BCUT2D eigenvalue weighted by atomic mass is 16.1. The molecule has 0 atom stereocenters. The zero-order valence-corrected chi connectivity index (χ0v) is 10.9. The van der Waals surface area contributed by atoms with Crippen LogP contribution in [0.15, 0.2) is 42.5 Å². The molecular formula is C16H14N2O. The van der Waals surface area contributed by atoms with Crippen LogP contribution in [-0.2, 0) is 0 Å². The Bertz CT molecular complexity index is 669. The number of aryl methyl sites for hydroxylation is 2. The first-order valence-corrected chi connectivity index (χ1v) is 5.99. The number of amides is 1. The molecule has 19 heavy (non-hydrogen) atoms. The van der Waals surface area contributed by atoms with Crippen LogP contribution in [0.4, 0.5) is 5.69 Å². The second kappa shape index (κ2) is 5.36. The summed E-state index contributed by atoms with van der Waals surface area (Å²) in [6.45, 7) is 3.85. The average molecular weight is 250 g/mol. The van der Waals surface area contributed by atoms with Crippen LogP contribution >= 0.6 is 0 Å². The van der Waals surface area contributed by atoms with E-state index in [1.165, 1.54) is 0 Å². The summed E-state index contributed by atoms with van der Waals surface area (Å²) >= 11 is 0. The summed E-state index contributed by atoms with van der Waals surface area (Å²) in [4.78, 5) is 12.2. The fraction of sp³-hybridized carbons (Fsp3) is 0.125. The van der Waals surface area contributed by atoms with Crippen LogP contribution in [0.1, 0.15) is 27.0 Å². The third-order valence-electron chi connectivity index (χ3n) is 2.89. The molecule has 0 aliphatic rings. The van der Waals surface area contributed by atoms with E-state index in [2.05, 4.69) is 5.32 Å². The van der Waals surface area contributed by atoms with Crippen molar-refractivity contribution in [2.45, 2.75) is 13.8 Å². The first kappa shape index (κ1) is 12.8. The van der Waals surface area contributed by atoms with E-state index in [4.69, 9.17) is 5.26 Å². The van der Waals surface area contributed by atoms with E-state index in [-0.39, 0.29) is 5.91 Å². The van der Waals surface area contributed by atoms with Gasteiger partial charge in [-0.3, -0.25) is 4.79 Å². The Labute approximate surface area is 112 Å². The Hall–Kier alpha value is -2.60. The topological polar surface area (TPSA) is 52.9 Å². The quantitative estimate of drug-likeness (QED) is 0.887. The molecule has 2 aromatic carbocycles. The van der Waals surface area contributed by atoms with E-state index in [0.717, 1.165) is 11.1 Å². The van der Waals surface area contributed by atoms with Crippen LogP contribution in [0.5, 0.6) is 0 Å². The van der Waals surface area contributed by atoms with Crippen molar-refractivity contribution in [2.24, 2.45) is 0 Å². The van der Waals surface area contributed by atoms with Crippen LogP contribution in [0.25, 0.3) is 0 Å². The summed E-state index contributed by atoms with van der Waals surface area (Å²) in [5, 5.41) is 11.6. The van der Waals surface area contributed by atoms with Gasteiger partial charge in [0, 0.05) is 11.3 Å². The highest BCUT2D eigenvalue weighted by Crippen LogP contribution is 2.15. The molecule has 0 saturated heterocycles. The highest BCUT2D eigenvalue weighted by Gasteiger charge is 2.09. The van der Waals surface area contributed by atoms with Gasteiger partial charge in [0.2, 0.25) is 0 Å². The Kier molecular flexibility index (Phi) is 3.63. The molecule has 0 bridgehead atoms.